The second-order valence-corrected chi connectivity index (χ2v) is 8.58. The van der Waals surface area contributed by atoms with Gasteiger partial charge in [-0.2, -0.15) is 0 Å². The number of piperidine rings is 1. The van der Waals surface area contributed by atoms with E-state index < -0.39 is 11.7 Å². The molecule has 0 bridgehead atoms. The van der Waals surface area contributed by atoms with Crippen molar-refractivity contribution in [3.05, 3.63) is 31.3 Å². The van der Waals surface area contributed by atoms with Crippen LogP contribution in [0, 0.1) is 0 Å². The van der Waals surface area contributed by atoms with E-state index in [0.29, 0.717) is 11.9 Å². The molecule has 1 aliphatic carbocycles. The fourth-order valence-electron chi connectivity index (χ4n) is 4.36. The average Bonchev–Trinajstić information content (AvgIpc) is 3.27. The van der Waals surface area contributed by atoms with E-state index in [1.165, 1.54) is 36.1 Å². The van der Waals surface area contributed by atoms with Gasteiger partial charge in [-0.3, -0.25) is 14.2 Å². The zero-order chi connectivity index (χ0) is 19.0. The third-order valence-electron chi connectivity index (χ3n) is 5.83. The summed E-state index contributed by atoms with van der Waals surface area (Å²) in [6.07, 6.45) is 6.64. The van der Waals surface area contributed by atoms with Crippen LogP contribution in [0.15, 0.2) is 9.59 Å². The molecule has 1 fully saturated rings. The van der Waals surface area contributed by atoms with Crippen molar-refractivity contribution in [3.8, 4) is 0 Å². The first-order chi connectivity index (χ1) is 13.1. The van der Waals surface area contributed by atoms with Gasteiger partial charge < -0.3 is 9.64 Å². The fraction of sp³-hybridized carbons (Fsp3) is 0.632. The summed E-state index contributed by atoms with van der Waals surface area (Å²) in [5, 5.41) is 0.643. The highest BCUT2D eigenvalue weighted by Crippen LogP contribution is 2.35. The molecule has 2 aromatic rings. The van der Waals surface area contributed by atoms with Crippen LogP contribution in [0.25, 0.3) is 10.2 Å². The van der Waals surface area contributed by atoms with E-state index in [1.54, 1.807) is 15.9 Å². The van der Waals surface area contributed by atoms with Crippen molar-refractivity contribution in [2.24, 2.45) is 0 Å². The van der Waals surface area contributed by atoms with Crippen LogP contribution in [0.2, 0.25) is 0 Å². The molecule has 0 radical (unpaired) electrons. The number of hydrogen-bond donors (Lipinski definition) is 1. The SMILES string of the molecule is COC(=O)Cn1c(=O)c2c3c(sc2n(CC[NH+]2CCCCC2)c1=O)CCC3. The molecule has 2 aromatic heterocycles. The minimum Gasteiger partial charge on any atom is -0.468 e. The van der Waals surface area contributed by atoms with Gasteiger partial charge in [0.1, 0.15) is 11.4 Å². The highest BCUT2D eigenvalue weighted by Gasteiger charge is 2.26. The second-order valence-electron chi connectivity index (χ2n) is 7.50. The fourth-order valence-corrected chi connectivity index (χ4v) is 5.76. The third-order valence-corrected chi connectivity index (χ3v) is 7.15. The van der Waals surface area contributed by atoms with E-state index in [0.717, 1.165) is 53.9 Å². The number of nitrogens with zero attached hydrogens (tertiary/aromatic N) is 2. The highest BCUT2D eigenvalue weighted by atomic mass is 32.1. The smallest absolute Gasteiger partial charge is 0.332 e. The summed E-state index contributed by atoms with van der Waals surface area (Å²) in [5.74, 6) is -0.575. The van der Waals surface area contributed by atoms with E-state index in [9.17, 15) is 14.4 Å². The van der Waals surface area contributed by atoms with Crippen LogP contribution in [-0.2, 0) is 35.5 Å². The number of ether oxygens (including phenoxy) is 1. The van der Waals surface area contributed by atoms with Gasteiger partial charge in [-0.1, -0.05) is 0 Å². The number of aromatic nitrogens is 2. The summed E-state index contributed by atoms with van der Waals surface area (Å²) in [7, 11) is 1.27. The molecule has 1 N–H and O–H groups in total. The van der Waals surface area contributed by atoms with E-state index in [2.05, 4.69) is 0 Å². The largest absolute Gasteiger partial charge is 0.468 e. The van der Waals surface area contributed by atoms with Gasteiger partial charge >= 0.3 is 11.7 Å². The van der Waals surface area contributed by atoms with Crippen molar-refractivity contribution in [2.75, 3.05) is 26.7 Å². The Morgan fingerprint density at radius 2 is 1.89 bits per heavy atom. The average molecular weight is 393 g/mol. The van der Waals surface area contributed by atoms with Gasteiger partial charge in [-0.15, -0.1) is 11.3 Å². The molecular formula is C19H26N3O4S+. The zero-order valence-corrected chi connectivity index (χ0v) is 16.5. The molecule has 8 heteroatoms. The van der Waals surface area contributed by atoms with Crippen molar-refractivity contribution in [3.63, 3.8) is 0 Å². The molecule has 1 aliphatic heterocycles. The molecule has 146 valence electrons. The second kappa shape index (κ2) is 7.59. The molecule has 2 aliphatic rings. The molecule has 3 heterocycles. The molecule has 4 rings (SSSR count). The van der Waals surface area contributed by atoms with Crippen LogP contribution >= 0.6 is 11.3 Å². The lowest BCUT2D eigenvalue weighted by Gasteiger charge is -2.24. The lowest BCUT2D eigenvalue weighted by Crippen LogP contribution is -3.13. The van der Waals surface area contributed by atoms with Gasteiger partial charge in [0, 0.05) is 4.88 Å². The molecule has 0 spiro atoms. The molecule has 7 nitrogen and oxygen atoms in total. The van der Waals surface area contributed by atoms with Crippen LogP contribution in [0.4, 0.5) is 0 Å². The lowest BCUT2D eigenvalue weighted by molar-refractivity contribution is -0.905. The first kappa shape index (κ1) is 18.4. The Hall–Kier alpha value is -1.93. The van der Waals surface area contributed by atoms with Crippen LogP contribution in [-0.4, -0.2) is 41.8 Å². The molecule has 0 aromatic carbocycles. The van der Waals surface area contributed by atoms with Crippen LogP contribution < -0.4 is 16.1 Å². The lowest BCUT2D eigenvalue weighted by atomic mass is 10.1. The minimum absolute atomic E-state index is 0.328. The first-order valence-electron chi connectivity index (χ1n) is 9.78. The summed E-state index contributed by atoms with van der Waals surface area (Å²) >= 11 is 1.59. The normalized spacial score (nSPS) is 17.4. The third kappa shape index (κ3) is 3.36. The number of fused-ring (bicyclic) bond motifs is 3. The molecule has 0 unspecified atom stereocenters. The summed E-state index contributed by atoms with van der Waals surface area (Å²) in [5.41, 5.74) is 0.341. The maximum Gasteiger partial charge on any atom is 0.332 e. The maximum atomic E-state index is 13.1. The van der Waals surface area contributed by atoms with Crippen LogP contribution in [0.3, 0.4) is 0 Å². The summed E-state index contributed by atoms with van der Waals surface area (Å²) in [6, 6.07) is 0. The van der Waals surface area contributed by atoms with Gasteiger partial charge in [-0.05, 0) is 44.1 Å². The van der Waals surface area contributed by atoms with Gasteiger partial charge in [0.25, 0.3) is 5.56 Å². The quantitative estimate of drug-likeness (QED) is 0.725. The van der Waals surface area contributed by atoms with E-state index in [-0.39, 0.29) is 12.1 Å². The van der Waals surface area contributed by atoms with Crippen molar-refractivity contribution in [1.29, 1.82) is 0 Å². The monoisotopic (exact) mass is 392 g/mol. The van der Waals surface area contributed by atoms with Gasteiger partial charge in [0.2, 0.25) is 0 Å². The van der Waals surface area contributed by atoms with Crippen molar-refractivity contribution in [2.45, 2.75) is 51.6 Å². The molecular weight excluding hydrogens is 366 g/mol. The molecule has 0 amide bonds. The number of thiophene rings is 1. The number of methoxy groups -OCH3 is 1. The predicted octanol–water partition coefficient (Wildman–Crippen LogP) is -0.0448. The highest BCUT2D eigenvalue weighted by molar-refractivity contribution is 7.18. The number of aryl methyl sites for hydroxylation is 2. The summed E-state index contributed by atoms with van der Waals surface area (Å²) < 4.78 is 7.48. The Morgan fingerprint density at radius 1 is 1.11 bits per heavy atom. The van der Waals surface area contributed by atoms with Crippen molar-refractivity contribution in [1.82, 2.24) is 9.13 Å². The summed E-state index contributed by atoms with van der Waals surface area (Å²) in [4.78, 5) is 41.4. The maximum absolute atomic E-state index is 13.1. The molecule has 1 saturated heterocycles. The number of quaternary nitrogens is 1. The number of nitrogens with one attached hydrogen (secondary N) is 1. The Morgan fingerprint density at radius 3 is 2.63 bits per heavy atom. The number of carbonyl (C=O) groups is 1. The number of likely N-dealkylation sites (tertiary alicyclic amines) is 1. The topological polar surface area (TPSA) is 74.7 Å². The van der Waals surface area contributed by atoms with Crippen molar-refractivity contribution >= 4 is 27.5 Å². The van der Waals surface area contributed by atoms with E-state index in [1.807, 2.05) is 0 Å². The molecule has 0 saturated carbocycles. The Balaban J connectivity index is 1.79. The van der Waals surface area contributed by atoms with Crippen molar-refractivity contribution < 1.29 is 14.4 Å². The van der Waals surface area contributed by atoms with Gasteiger partial charge in [0.15, 0.2) is 0 Å². The Labute approximate surface area is 161 Å². The van der Waals surface area contributed by atoms with E-state index >= 15 is 0 Å². The van der Waals surface area contributed by atoms with Gasteiger partial charge in [0.05, 0.1) is 38.7 Å². The van der Waals surface area contributed by atoms with Crippen LogP contribution in [0.5, 0.6) is 0 Å². The standard InChI is InChI=1S/C19H25N3O4S/c1-26-15(23)12-22-17(24)16-13-6-5-7-14(13)27-18(16)21(19(22)25)11-10-20-8-3-2-4-9-20/h2-12H2,1H3/p+1. The van der Waals surface area contributed by atoms with E-state index in [4.69, 9.17) is 4.74 Å². The number of hydrogen-bond acceptors (Lipinski definition) is 5. The molecule has 27 heavy (non-hydrogen) atoms. The Kier molecular flexibility index (Phi) is 5.19. The summed E-state index contributed by atoms with van der Waals surface area (Å²) in [6.45, 7) is 3.39. The Bertz CT molecular complexity index is 981. The number of esters is 1. The number of rotatable bonds is 5. The first-order valence-corrected chi connectivity index (χ1v) is 10.6. The zero-order valence-electron chi connectivity index (χ0n) is 15.7. The predicted molar refractivity (Wildman–Crippen MR) is 104 cm³/mol. The van der Waals surface area contributed by atoms with Crippen LogP contribution in [0.1, 0.15) is 36.1 Å². The minimum atomic E-state index is -0.575. The number of carbonyl (C=O) groups excluding carboxylic acids is 1. The molecule has 0 atom stereocenters. The van der Waals surface area contributed by atoms with Gasteiger partial charge in [-0.25, -0.2) is 9.36 Å².